The third-order valence-corrected chi connectivity index (χ3v) is 6.91. The number of fused-ring (bicyclic) bond motifs is 1. The van der Waals surface area contributed by atoms with E-state index in [-0.39, 0.29) is 35.6 Å². The Bertz CT molecular complexity index is 1720. The number of rotatable bonds is 10. The van der Waals surface area contributed by atoms with E-state index < -0.39 is 23.7 Å². The van der Waals surface area contributed by atoms with E-state index in [1.807, 2.05) is 42.5 Å². The van der Waals surface area contributed by atoms with E-state index >= 15 is 0 Å². The van der Waals surface area contributed by atoms with Crippen LogP contribution < -0.4 is 10.9 Å². The standard InChI is InChI=1S/C31H28F3N5O3/c32-31(33,34)29(41)22-10-5-9-21(14-22)27-18-36-26(11-4-8-20-6-2-1-3-7-20)30(42)39(27)19-28(40)37-17-24-15-23-16-35-13-12-25(23)38-24/h1-3,5-7,9-10,12-16,18,29,38,41H,4,8,11,17,19H2,(H,37,40). The monoisotopic (exact) mass is 575 g/mol. The first-order valence-corrected chi connectivity index (χ1v) is 13.3. The summed E-state index contributed by atoms with van der Waals surface area (Å²) in [6.07, 6.45) is -1.11. The number of pyridine rings is 1. The van der Waals surface area contributed by atoms with E-state index in [1.165, 1.54) is 22.9 Å². The van der Waals surface area contributed by atoms with Gasteiger partial charge in [-0.25, -0.2) is 0 Å². The van der Waals surface area contributed by atoms with Crippen LogP contribution in [0.5, 0.6) is 0 Å². The first-order valence-electron chi connectivity index (χ1n) is 13.3. The molecule has 5 aromatic rings. The van der Waals surface area contributed by atoms with E-state index in [9.17, 15) is 27.9 Å². The van der Waals surface area contributed by atoms with Gasteiger partial charge >= 0.3 is 6.18 Å². The Morgan fingerprint density at radius 3 is 2.60 bits per heavy atom. The molecule has 1 amide bonds. The second-order valence-electron chi connectivity index (χ2n) is 9.92. The molecule has 11 heteroatoms. The topological polar surface area (TPSA) is 113 Å². The zero-order valence-corrected chi connectivity index (χ0v) is 22.4. The number of aryl methyl sites for hydroxylation is 2. The molecule has 0 saturated heterocycles. The highest BCUT2D eigenvalue weighted by Gasteiger charge is 2.39. The van der Waals surface area contributed by atoms with Crippen LogP contribution in [-0.2, 0) is 30.7 Å². The van der Waals surface area contributed by atoms with Crippen LogP contribution in [0.2, 0.25) is 0 Å². The van der Waals surface area contributed by atoms with Crippen molar-refractivity contribution in [2.24, 2.45) is 0 Å². The molecule has 216 valence electrons. The molecule has 5 rings (SSSR count). The van der Waals surface area contributed by atoms with Crippen LogP contribution in [0.4, 0.5) is 13.2 Å². The van der Waals surface area contributed by atoms with E-state index in [4.69, 9.17) is 0 Å². The maximum absolute atomic E-state index is 13.6. The number of carbonyl (C=O) groups excluding carboxylic acids is 1. The zero-order valence-electron chi connectivity index (χ0n) is 22.4. The molecule has 3 heterocycles. The average molecular weight is 576 g/mol. The summed E-state index contributed by atoms with van der Waals surface area (Å²) < 4.78 is 40.8. The van der Waals surface area contributed by atoms with Crippen molar-refractivity contribution in [3.8, 4) is 11.3 Å². The van der Waals surface area contributed by atoms with Gasteiger partial charge in [0.05, 0.1) is 18.4 Å². The number of aromatic nitrogens is 4. The van der Waals surface area contributed by atoms with Gasteiger partial charge in [0.25, 0.3) is 5.56 Å². The Balaban J connectivity index is 1.41. The van der Waals surface area contributed by atoms with Gasteiger partial charge < -0.3 is 15.4 Å². The second kappa shape index (κ2) is 12.4. The summed E-state index contributed by atoms with van der Waals surface area (Å²) in [6, 6.07) is 18.6. The predicted octanol–water partition coefficient (Wildman–Crippen LogP) is 4.87. The number of hydrogen-bond donors (Lipinski definition) is 3. The lowest BCUT2D eigenvalue weighted by Crippen LogP contribution is -2.34. The van der Waals surface area contributed by atoms with Crippen LogP contribution in [-0.4, -0.2) is 36.7 Å². The van der Waals surface area contributed by atoms with Crippen LogP contribution in [0, 0.1) is 0 Å². The summed E-state index contributed by atoms with van der Waals surface area (Å²) in [5.74, 6) is -0.469. The van der Waals surface area contributed by atoms with E-state index in [1.54, 1.807) is 12.4 Å². The van der Waals surface area contributed by atoms with Crippen molar-refractivity contribution in [3.05, 3.63) is 118 Å². The molecule has 0 aliphatic heterocycles. The third kappa shape index (κ3) is 6.74. The normalized spacial score (nSPS) is 12.4. The minimum Gasteiger partial charge on any atom is -0.379 e. The summed E-state index contributed by atoms with van der Waals surface area (Å²) >= 11 is 0. The van der Waals surface area contributed by atoms with Gasteiger partial charge in [0, 0.05) is 34.6 Å². The quantitative estimate of drug-likeness (QED) is 0.220. The molecule has 0 fully saturated rings. The summed E-state index contributed by atoms with van der Waals surface area (Å²) in [5, 5.41) is 13.5. The summed E-state index contributed by atoms with van der Waals surface area (Å²) in [6.45, 7) is -0.212. The van der Waals surface area contributed by atoms with Crippen molar-refractivity contribution in [2.45, 2.75) is 44.6 Å². The first kappa shape index (κ1) is 28.7. The van der Waals surface area contributed by atoms with Crippen LogP contribution >= 0.6 is 0 Å². The molecular formula is C31H28F3N5O3. The maximum Gasteiger partial charge on any atom is 0.418 e. The van der Waals surface area contributed by atoms with Crippen molar-refractivity contribution in [3.63, 3.8) is 0 Å². The van der Waals surface area contributed by atoms with Crippen LogP contribution in [0.3, 0.4) is 0 Å². The predicted molar refractivity (Wildman–Crippen MR) is 151 cm³/mol. The number of halogens is 3. The summed E-state index contributed by atoms with van der Waals surface area (Å²) in [5.41, 5.74) is 2.45. The molecule has 3 aromatic heterocycles. The van der Waals surface area contributed by atoms with Gasteiger partial charge in [-0.05, 0) is 48.6 Å². The number of aliphatic hydroxyl groups excluding tert-OH is 1. The van der Waals surface area contributed by atoms with Crippen LogP contribution in [0.25, 0.3) is 22.2 Å². The van der Waals surface area contributed by atoms with Gasteiger partial charge in [-0.2, -0.15) is 13.2 Å². The molecular weight excluding hydrogens is 547 g/mol. The molecule has 0 saturated carbocycles. The molecule has 1 unspecified atom stereocenters. The fourth-order valence-electron chi connectivity index (χ4n) is 4.77. The Morgan fingerprint density at radius 1 is 1.02 bits per heavy atom. The number of carbonyl (C=O) groups is 1. The summed E-state index contributed by atoms with van der Waals surface area (Å²) in [7, 11) is 0. The minimum absolute atomic E-state index is 0.162. The van der Waals surface area contributed by atoms with Gasteiger partial charge in [0.15, 0.2) is 6.10 Å². The van der Waals surface area contributed by atoms with E-state index in [0.717, 1.165) is 40.7 Å². The number of nitrogens with zero attached hydrogens (tertiary/aromatic N) is 3. The third-order valence-electron chi connectivity index (χ3n) is 6.91. The van der Waals surface area contributed by atoms with Crippen molar-refractivity contribution in [1.82, 2.24) is 24.8 Å². The first-order chi connectivity index (χ1) is 20.2. The van der Waals surface area contributed by atoms with Gasteiger partial charge in [-0.15, -0.1) is 0 Å². The molecule has 1 atom stereocenters. The maximum atomic E-state index is 13.6. The number of aliphatic hydroxyl groups is 1. The van der Waals surface area contributed by atoms with Crippen molar-refractivity contribution >= 4 is 16.8 Å². The Labute approximate surface area is 238 Å². The van der Waals surface area contributed by atoms with Gasteiger partial charge in [-0.3, -0.25) is 24.1 Å². The zero-order chi connectivity index (χ0) is 29.7. The molecule has 0 radical (unpaired) electrons. The number of amides is 1. The van der Waals surface area contributed by atoms with Crippen molar-refractivity contribution < 1.29 is 23.1 Å². The highest BCUT2D eigenvalue weighted by Crippen LogP contribution is 2.34. The summed E-state index contributed by atoms with van der Waals surface area (Å²) in [4.78, 5) is 38.2. The molecule has 42 heavy (non-hydrogen) atoms. The SMILES string of the molecule is O=C(Cn1c(-c2cccc(C(O)C(F)(F)F)c2)cnc(CCCc2ccccc2)c1=O)NCc1cc2cnccc2[nH]1. The van der Waals surface area contributed by atoms with Crippen LogP contribution in [0.1, 0.15) is 35.0 Å². The van der Waals surface area contributed by atoms with Gasteiger partial charge in [0.2, 0.25) is 5.91 Å². The Hall–Kier alpha value is -4.77. The highest BCUT2D eigenvalue weighted by molar-refractivity contribution is 5.80. The number of alkyl halides is 3. The molecule has 0 aliphatic rings. The smallest absolute Gasteiger partial charge is 0.379 e. The fourth-order valence-corrected chi connectivity index (χ4v) is 4.77. The number of aromatic amines is 1. The van der Waals surface area contributed by atoms with E-state index in [0.29, 0.717) is 12.8 Å². The van der Waals surface area contributed by atoms with Crippen molar-refractivity contribution in [1.29, 1.82) is 0 Å². The van der Waals surface area contributed by atoms with Crippen molar-refractivity contribution in [2.75, 3.05) is 0 Å². The number of nitrogens with one attached hydrogen (secondary N) is 2. The number of benzene rings is 2. The largest absolute Gasteiger partial charge is 0.418 e. The molecule has 8 nitrogen and oxygen atoms in total. The van der Waals surface area contributed by atoms with Gasteiger partial charge in [0.1, 0.15) is 12.2 Å². The molecule has 0 aliphatic carbocycles. The Kier molecular flexibility index (Phi) is 8.48. The van der Waals surface area contributed by atoms with Gasteiger partial charge in [-0.1, -0.05) is 48.5 Å². The molecule has 0 bridgehead atoms. The lowest BCUT2D eigenvalue weighted by atomic mass is 10.0. The Morgan fingerprint density at radius 2 is 1.83 bits per heavy atom. The fraction of sp³-hybridized carbons (Fsp3) is 0.226. The van der Waals surface area contributed by atoms with E-state index in [2.05, 4.69) is 20.3 Å². The lowest BCUT2D eigenvalue weighted by Gasteiger charge is -2.18. The molecule has 0 spiro atoms. The second-order valence-corrected chi connectivity index (χ2v) is 9.92. The number of H-pyrrole nitrogens is 1. The molecule has 3 N–H and O–H groups in total. The lowest BCUT2D eigenvalue weighted by molar-refractivity contribution is -0.206. The van der Waals surface area contributed by atoms with Crippen LogP contribution in [0.15, 0.2) is 90.1 Å². The molecule has 2 aromatic carbocycles. The highest BCUT2D eigenvalue weighted by atomic mass is 19.4. The average Bonchev–Trinajstić information content (AvgIpc) is 3.41. The number of hydrogen-bond acceptors (Lipinski definition) is 5. The minimum atomic E-state index is -4.86.